The molecule has 0 aromatic heterocycles. The Morgan fingerprint density at radius 1 is 0.880 bits per heavy atom. The van der Waals surface area contributed by atoms with E-state index in [1.807, 2.05) is 61.5 Å². The van der Waals surface area contributed by atoms with E-state index in [2.05, 4.69) is 10.6 Å². The van der Waals surface area contributed by atoms with E-state index in [0.29, 0.717) is 11.3 Å². The summed E-state index contributed by atoms with van der Waals surface area (Å²) in [4.78, 5) is 12.5. The first kappa shape index (κ1) is 16.6. The SMILES string of the molecule is COc1ccc(C(=O)Nc2ccccc2)cc1Nc1cccc(C)c1. The monoisotopic (exact) mass is 332 g/mol. The van der Waals surface area contributed by atoms with Gasteiger partial charge >= 0.3 is 0 Å². The molecule has 4 nitrogen and oxygen atoms in total. The Hall–Kier alpha value is -3.27. The second-order valence-corrected chi connectivity index (χ2v) is 5.73. The van der Waals surface area contributed by atoms with Crippen LogP contribution in [0.4, 0.5) is 17.1 Å². The molecule has 25 heavy (non-hydrogen) atoms. The number of nitrogens with one attached hydrogen (secondary N) is 2. The van der Waals surface area contributed by atoms with Crippen LogP contribution in [0.15, 0.2) is 72.8 Å². The molecule has 3 aromatic rings. The van der Waals surface area contributed by atoms with Crippen LogP contribution in [0.5, 0.6) is 5.75 Å². The summed E-state index contributed by atoms with van der Waals surface area (Å²) < 4.78 is 5.41. The third kappa shape index (κ3) is 4.18. The van der Waals surface area contributed by atoms with Gasteiger partial charge in [0.15, 0.2) is 0 Å². The van der Waals surface area contributed by atoms with Crippen LogP contribution in [-0.4, -0.2) is 13.0 Å². The van der Waals surface area contributed by atoms with Gasteiger partial charge in [-0.2, -0.15) is 0 Å². The maximum atomic E-state index is 12.5. The molecular formula is C21H20N2O2. The summed E-state index contributed by atoms with van der Waals surface area (Å²) in [5.74, 6) is 0.513. The summed E-state index contributed by atoms with van der Waals surface area (Å²) >= 11 is 0. The summed E-state index contributed by atoms with van der Waals surface area (Å²) in [6.07, 6.45) is 0. The molecule has 3 rings (SSSR count). The zero-order valence-corrected chi connectivity index (χ0v) is 14.2. The average molecular weight is 332 g/mol. The van der Waals surface area contributed by atoms with E-state index >= 15 is 0 Å². The zero-order valence-electron chi connectivity index (χ0n) is 14.2. The summed E-state index contributed by atoms with van der Waals surface area (Å²) in [6.45, 7) is 2.03. The number of carbonyl (C=O) groups excluding carboxylic acids is 1. The van der Waals surface area contributed by atoms with Gasteiger partial charge in [0.2, 0.25) is 0 Å². The number of benzene rings is 3. The van der Waals surface area contributed by atoms with Crippen molar-refractivity contribution in [3.63, 3.8) is 0 Å². The van der Waals surface area contributed by atoms with Gasteiger partial charge in [0.05, 0.1) is 12.8 Å². The van der Waals surface area contributed by atoms with E-state index in [-0.39, 0.29) is 5.91 Å². The zero-order chi connectivity index (χ0) is 17.6. The molecule has 4 heteroatoms. The molecule has 0 aliphatic heterocycles. The predicted molar refractivity (Wildman–Crippen MR) is 102 cm³/mol. The Labute approximate surface area is 147 Å². The highest BCUT2D eigenvalue weighted by Crippen LogP contribution is 2.29. The van der Waals surface area contributed by atoms with Gasteiger partial charge in [0.25, 0.3) is 5.91 Å². The van der Waals surface area contributed by atoms with Crippen molar-refractivity contribution in [1.82, 2.24) is 0 Å². The molecule has 0 aliphatic carbocycles. The summed E-state index contributed by atoms with van der Waals surface area (Å²) in [5.41, 5.74) is 4.16. The largest absolute Gasteiger partial charge is 0.495 e. The van der Waals surface area contributed by atoms with E-state index in [4.69, 9.17) is 4.74 Å². The molecule has 0 heterocycles. The number of ether oxygens (including phenoxy) is 1. The van der Waals surface area contributed by atoms with Gasteiger partial charge in [-0.15, -0.1) is 0 Å². The van der Waals surface area contributed by atoms with Crippen molar-refractivity contribution in [1.29, 1.82) is 0 Å². The fraction of sp³-hybridized carbons (Fsp3) is 0.0952. The number of anilines is 3. The first-order valence-corrected chi connectivity index (χ1v) is 8.04. The first-order chi connectivity index (χ1) is 12.2. The average Bonchev–Trinajstić information content (AvgIpc) is 2.62. The highest BCUT2D eigenvalue weighted by molar-refractivity contribution is 6.05. The van der Waals surface area contributed by atoms with Crippen LogP contribution >= 0.6 is 0 Å². The number of rotatable bonds is 5. The Morgan fingerprint density at radius 3 is 2.36 bits per heavy atom. The molecule has 0 spiro atoms. The number of para-hydroxylation sites is 1. The molecule has 0 saturated heterocycles. The van der Waals surface area contributed by atoms with E-state index in [1.54, 1.807) is 25.3 Å². The van der Waals surface area contributed by atoms with Crippen LogP contribution in [0.1, 0.15) is 15.9 Å². The molecule has 0 fully saturated rings. The van der Waals surface area contributed by atoms with Gasteiger partial charge in [-0.05, 0) is 55.0 Å². The number of hydrogen-bond acceptors (Lipinski definition) is 3. The molecule has 0 saturated carbocycles. The summed E-state index contributed by atoms with van der Waals surface area (Å²) in [6, 6.07) is 22.7. The quantitative estimate of drug-likeness (QED) is 0.691. The third-order valence-corrected chi connectivity index (χ3v) is 3.79. The normalized spacial score (nSPS) is 10.2. The number of amides is 1. The molecule has 0 atom stereocenters. The van der Waals surface area contributed by atoms with Crippen LogP contribution < -0.4 is 15.4 Å². The van der Waals surface area contributed by atoms with Crippen molar-refractivity contribution in [2.45, 2.75) is 6.92 Å². The fourth-order valence-corrected chi connectivity index (χ4v) is 2.55. The highest BCUT2D eigenvalue weighted by atomic mass is 16.5. The number of hydrogen-bond donors (Lipinski definition) is 2. The molecule has 126 valence electrons. The molecule has 0 aliphatic rings. The topological polar surface area (TPSA) is 50.4 Å². The van der Waals surface area contributed by atoms with Crippen LogP contribution in [0, 0.1) is 6.92 Å². The van der Waals surface area contributed by atoms with E-state index < -0.39 is 0 Å². The van der Waals surface area contributed by atoms with Crippen molar-refractivity contribution in [3.8, 4) is 5.75 Å². The van der Waals surface area contributed by atoms with Gasteiger partial charge in [-0.1, -0.05) is 30.3 Å². The van der Waals surface area contributed by atoms with Crippen LogP contribution in [-0.2, 0) is 0 Å². The fourth-order valence-electron chi connectivity index (χ4n) is 2.55. The highest BCUT2D eigenvalue weighted by Gasteiger charge is 2.11. The smallest absolute Gasteiger partial charge is 0.255 e. The minimum absolute atomic E-state index is 0.166. The van der Waals surface area contributed by atoms with Crippen molar-refractivity contribution in [2.24, 2.45) is 0 Å². The van der Waals surface area contributed by atoms with E-state index in [9.17, 15) is 4.79 Å². The Balaban J connectivity index is 1.85. The van der Waals surface area contributed by atoms with Crippen LogP contribution in [0.2, 0.25) is 0 Å². The van der Waals surface area contributed by atoms with Crippen molar-refractivity contribution < 1.29 is 9.53 Å². The lowest BCUT2D eigenvalue weighted by atomic mass is 10.1. The van der Waals surface area contributed by atoms with Gasteiger partial charge in [0.1, 0.15) is 5.75 Å². The lowest BCUT2D eigenvalue weighted by Gasteiger charge is -2.13. The minimum Gasteiger partial charge on any atom is -0.495 e. The third-order valence-electron chi connectivity index (χ3n) is 3.79. The number of aryl methyl sites for hydroxylation is 1. The molecule has 1 amide bonds. The van der Waals surface area contributed by atoms with Gasteiger partial charge in [-0.25, -0.2) is 0 Å². The summed E-state index contributed by atoms with van der Waals surface area (Å²) in [7, 11) is 1.61. The lowest BCUT2D eigenvalue weighted by molar-refractivity contribution is 0.102. The molecule has 0 radical (unpaired) electrons. The molecule has 0 bridgehead atoms. The van der Waals surface area contributed by atoms with Gasteiger partial charge in [-0.3, -0.25) is 4.79 Å². The van der Waals surface area contributed by atoms with E-state index in [0.717, 1.165) is 22.6 Å². The number of carbonyl (C=O) groups is 1. The lowest BCUT2D eigenvalue weighted by Crippen LogP contribution is -2.12. The van der Waals surface area contributed by atoms with Gasteiger partial charge in [0, 0.05) is 16.9 Å². The standard InChI is InChI=1S/C21H20N2O2/c1-15-7-6-10-18(13-15)22-19-14-16(11-12-20(19)25-2)21(24)23-17-8-4-3-5-9-17/h3-14,22H,1-2H3,(H,23,24). The Morgan fingerprint density at radius 2 is 1.64 bits per heavy atom. The molecule has 3 aromatic carbocycles. The van der Waals surface area contributed by atoms with Crippen LogP contribution in [0.25, 0.3) is 0 Å². The first-order valence-electron chi connectivity index (χ1n) is 8.04. The minimum atomic E-state index is -0.166. The maximum Gasteiger partial charge on any atom is 0.255 e. The van der Waals surface area contributed by atoms with Crippen molar-refractivity contribution in [2.75, 3.05) is 17.7 Å². The number of methoxy groups -OCH3 is 1. The summed E-state index contributed by atoms with van der Waals surface area (Å²) in [5, 5.41) is 6.21. The van der Waals surface area contributed by atoms with Crippen LogP contribution in [0.3, 0.4) is 0 Å². The predicted octanol–water partition coefficient (Wildman–Crippen LogP) is 5.00. The van der Waals surface area contributed by atoms with Crippen molar-refractivity contribution >= 4 is 23.0 Å². The van der Waals surface area contributed by atoms with E-state index in [1.165, 1.54) is 0 Å². The Bertz CT molecular complexity index is 876. The molecule has 2 N–H and O–H groups in total. The maximum absolute atomic E-state index is 12.5. The second kappa shape index (κ2) is 7.53. The Kier molecular flexibility index (Phi) is 5.00. The molecule has 0 unspecified atom stereocenters. The van der Waals surface area contributed by atoms with Gasteiger partial charge < -0.3 is 15.4 Å². The van der Waals surface area contributed by atoms with Crippen molar-refractivity contribution in [3.05, 3.63) is 83.9 Å². The molecular weight excluding hydrogens is 312 g/mol. The second-order valence-electron chi connectivity index (χ2n) is 5.73.